The fraction of sp³-hybridized carbons (Fsp3) is 0.440. The van der Waals surface area contributed by atoms with Gasteiger partial charge in [0, 0.05) is 30.9 Å². The molecule has 1 aliphatic rings. The van der Waals surface area contributed by atoms with Crippen LogP contribution >= 0.6 is 0 Å². The van der Waals surface area contributed by atoms with E-state index < -0.39 is 22.2 Å². The van der Waals surface area contributed by atoms with Crippen molar-refractivity contribution in [3.05, 3.63) is 48.0 Å². The van der Waals surface area contributed by atoms with Gasteiger partial charge in [-0.1, -0.05) is 6.92 Å². The Morgan fingerprint density at radius 1 is 1.24 bits per heavy atom. The molecule has 0 unspecified atom stereocenters. The van der Waals surface area contributed by atoms with Crippen LogP contribution in [0.4, 0.5) is 16.2 Å². The van der Waals surface area contributed by atoms with Crippen molar-refractivity contribution >= 4 is 33.3 Å². The summed E-state index contributed by atoms with van der Waals surface area (Å²) in [6.07, 6.45) is 0.521. The lowest BCUT2D eigenvalue weighted by Crippen LogP contribution is -2.50. The molecule has 3 amide bonds. The van der Waals surface area contributed by atoms with Crippen LogP contribution in [-0.2, 0) is 10.0 Å². The van der Waals surface area contributed by atoms with Crippen molar-refractivity contribution in [2.75, 3.05) is 50.1 Å². The van der Waals surface area contributed by atoms with E-state index >= 15 is 0 Å². The average molecular weight is 535 g/mol. The van der Waals surface area contributed by atoms with Crippen molar-refractivity contribution in [3.8, 4) is 11.5 Å². The second kappa shape index (κ2) is 11.7. The number of ether oxygens (including phenoxy) is 2. The first-order chi connectivity index (χ1) is 17.4. The Morgan fingerprint density at radius 2 is 1.89 bits per heavy atom. The second-order valence-corrected chi connectivity index (χ2v) is 11.0. The SMILES string of the molecule is COc1ccc(NC(=O)N(C)C[C@@H]2Oc3ccc(NS(C)(=O)=O)cc3C(=O)N([C@@H](C)CO)C[C@@H]2C)cc1. The van der Waals surface area contributed by atoms with Crippen molar-refractivity contribution in [1.29, 1.82) is 0 Å². The van der Waals surface area contributed by atoms with Gasteiger partial charge in [0.05, 0.1) is 38.1 Å². The Balaban J connectivity index is 1.86. The Morgan fingerprint density at radius 3 is 2.49 bits per heavy atom. The predicted molar refractivity (Wildman–Crippen MR) is 141 cm³/mol. The molecule has 0 saturated heterocycles. The largest absolute Gasteiger partial charge is 0.497 e. The van der Waals surface area contributed by atoms with Crippen molar-refractivity contribution < 1.29 is 32.6 Å². The van der Waals surface area contributed by atoms with Crippen molar-refractivity contribution in [2.45, 2.75) is 26.0 Å². The second-order valence-electron chi connectivity index (χ2n) is 9.25. The van der Waals surface area contributed by atoms with Crippen LogP contribution in [-0.4, -0.2) is 87.5 Å². The molecule has 0 bridgehead atoms. The standard InChI is InChI=1S/C25H34N4O7S/c1-16-13-29(17(2)15-30)24(31)21-12-19(27-37(5,33)34)8-11-22(21)36-23(16)14-28(3)25(32)26-18-6-9-20(35-4)10-7-18/h6-12,16-17,23,27,30H,13-15H2,1-5H3,(H,26,32)/t16-,17-,23-/m0/s1. The molecule has 0 aromatic heterocycles. The molecule has 2 aromatic carbocycles. The van der Waals surface area contributed by atoms with Gasteiger partial charge in [-0.3, -0.25) is 9.52 Å². The minimum atomic E-state index is -3.56. The normalized spacial score (nSPS) is 18.5. The summed E-state index contributed by atoms with van der Waals surface area (Å²) in [7, 11) is -0.351. The predicted octanol–water partition coefficient (Wildman–Crippen LogP) is 2.45. The van der Waals surface area contributed by atoms with Gasteiger partial charge in [0.15, 0.2) is 0 Å². The van der Waals surface area contributed by atoms with E-state index in [-0.39, 0.29) is 54.6 Å². The van der Waals surface area contributed by atoms with Crippen LogP contribution in [0.25, 0.3) is 0 Å². The number of amides is 3. The summed E-state index contributed by atoms with van der Waals surface area (Å²) in [5.41, 5.74) is 0.987. The fourth-order valence-electron chi connectivity index (χ4n) is 3.96. The number of benzene rings is 2. The number of fused-ring (bicyclic) bond motifs is 1. The first-order valence-corrected chi connectivity index (χ1v) is 13.7. The minimum Gasteiger partial charge on any atom is -0.497 e. The van der Waals surface area contributed by atoms with Gasteiger partial charge in [-0.05, 0) is 49.4 Å². The molecule has 1 aliphatic heterocycles. The molecule has 12 heteroatoms. The number of carbonyl (C=O) groups excluding carboxylic acids is 2. The smallest absolute Gasteiger partial charge is 0.321 e. The molecule has 0 aliphatic carbocycles. The molecule has 3 atom stereocenters. The maximum atomic E-state index is 13.4. The number of nitrogens with zero attached hydrogens (tertiary/aromatic N) is 2. The van der Waals surface area contributed by atoms with Crippen LogP contribution in [0.5, 0.6) is 11.5 Å². The molecule has 1 heterocycles. The van der Waals surface area contributed by atoms with Gasteiger partial charge in [-0.15, -0.1) is 0 Å². The van der Waals surface area contributed by atoms with E-state index in [1.807, 2.05) is 6.92 Å². The number of anilines is 2. The van der Waals surface area contributed by atoms with Gasteiger partial charge < -0.3 is 29.7 Å². The number of sulfonamides is 1. The molecular formula is C25H34N4O7S. The molecule has 0 spiro atoms. The van der Waals surface area contributed by atoms with Crippen LogP contribution < -0.4 is 19.5 Å². The van der Waals surface area contributed by atoms with Crippen molar-refractivity contribution in [3.63, 3.8) is 0 Å². The van der Waals surface area contributed by atoms with E-state index in [1.54, 1.807) is 50.2 Å². The lowest BCUT2D eigenvalue weighted by atomic mass is 9.99. The fourth-order valence-corrected chi connectivity index (χ4v) is 4.52. The highest BCUT2D eigenvalue weighted by Crippen LogP contribution is 2.31. The number of aliphatic hydroxyl groups is 1. The number of carbonyl (C=O) groups is 2. The van der Waals surface area contributed by atoms with Crippen LogP contribution in [0, 0.1) is 5.92 Å². The van der Waals surface area contributed by atoms with Gasteiger partial charge >= 0.3 is 6.03 Å². The van der Waals surface area contributed by atoms with E-state index in [0.29, 0.717) is 11.4 Å². The van der Waals surface area contributed by atoms with E-state index in [9.17, 15) is 23.1 Å². The monoisotopic (exact) mass is 534 g/mol. The first kappa shape index (κ1) is 28.1. The third kappa shape index (κ3) is 7.26. The number of nitrogens with one attached hydrogen (secondary N) is 2. The molecule has 3 N–H and O–H groups in total. The lowest BCUT2D eigenvalue weighted by molar-refractivity contribution is 0.0371. The van der Waals surface area contributed by atoms with E-state index in [0.717, 1.165) is 6.26 Å². The Kier molecular flexibility index (Phi) is 8.87. The van der Waals surface area contributed by atoms with E-state index in [1.165, 1.54) is 23.1 Å². The number of urea groups is 1. The molecule has 202 valence electrons. The zero-order valence-electron chi connectivity index (χ0n) is 21.6. The highest BCUT2D eigenvalue weighted by Gasteiger charge is 2.34. The number of methoxy groups -OCH3 is 1. The zero-order chi connectivity index (χ0) is 27.3. The quantitative estimate of drug-likeness (QED) is 0.473. The maximum absolute atomic E-state index is 13.4. The Labute approximate surface area is 217 Å². The van der Waals surface area contributed by atoms with Crippen molar-refractivity contribution in [1.82, 2.24) is 9.80 Å². The number of aliphatic hydroxyl groups excluding tert-OH is 1. The average Bonchev–Trinajstić information content (AvgIpc) is 2.85. The Bertz CT molecular complexity index is 1220. The number of hydrogen-bond donors (Lipinski definition) is 3. The molecule has 0 radical (unpaired) electrons. The lowest BCUT2D eigenvalue weighted by Gasteiger charge is -2.38. The summed E-state index contributed by atoms with van der Waals surface area (Å²) in [6.45, 7) is 3.87. The van der Waals surface area contributed by atoms with E-state index in [2.05, 4.69) is 10.0 Å². The van der Waals surface area contributed by atoms with Gasteiger partial charge in [0.25, 0.3) is 5.91 Å². The molecule has 37 heavy (non-hydrogen) atoms. The number of rotatable bonds is 8. The highest BCUT2D eigenvalue weighted by atomic mass is 32.2. The summed E-state index contributed by atoms with van der Waals surface area (Å²) in [4.78, 5) is 29.3. The summed E-state index contributed by atoms with van der Waals surface area (Å²) in [5, 5.41) is 12.6. The first-order valence-electron chi connectivity index (χ1n) is 11.8. The van der Waals surface area contributed by atoms with Crippen molar-refractivity contribution in [2.24, 2.45) is 5.92 Å². The van der Waals surface area contributed by atoms with Gasteiger partial charge in [0.2, 0.25) is 10.0 Å². The zero-order valence-corrected chi connectivity index (χ0v) is 22.4. The Hall–Kier alpha value is -3.51. The molecule has 0 fully saturated rings. The van der Waals surface area contributed by atoms with Gasteiger partial charge in [-0.2, -0.15) is 0 Å². The third-order valence-electron chi connectivity index (χ3n) is 6.11. The maximum Gasteiger partial charge on any atom is 0.321 e. The number of hydrogen-bond acceptors (Lipinski definition) is 7. The minimum absolute atomic E-state index is 0.163. The van der Waals surface area contributed by atoms with Crippen LogP contribution in [0.1, 0.15) is 24.2 Å². The molecule has 11 nitrogen and oxygen atoms in total. The topological polar surface area (TPSA) is 138 Å². The number of likely N-dealkylation sites (N-methyl/N-ethyl adjacent to an activating group) is 1. The summed E-state index contributed by atoms with van der Waals surface area (Å²) in [5.74, 6) is 0.355. The van der Waals surface area contributed by atoms with Crippen LogP contribution in [0.2, 0.25) is 0 Å². The summed E-state index contributed by atoms with van der Waals surface area (Å²) < 4.78 is 37.2. The third-order valence-corrected chi connectivity index (χ3v) is 6.72. The summed E-state index contributed by atoms with van der Waals surface area (Å²) in [6, 6.07) is 10.6. The van der Waals surface area contributed by atoms with Crippen LogP contribution in [0.3, 0.4) is 0 Å². The van der Waals surface area contributed by atoms with Crippen LogP contribution in [0.15, 0.2) is 42.5 Å². The molecule has 2 aromatic rings. The van der Waals surface area contributed by atoms with E-state index in [4.69, 9.17) is 9.47 Å². The molecule has 0 saturated carbocycles. The molecular weight excluding hydrogens is 500 g/mol. The highest BCUT2D eigenvalue weighted by molar-refractivity contribution is 7.92. The summed E-state index contributed by atoms with van der Waals surface area (Å²) >= 11 is 0. The van der Waals surface area contributed by atoms with Gasteiger partial charge in [-0.25, -0.2) is 13.2 Å². The molecule has 3 rings (SSSR count). The van der Waals surface area contributed by atoms with Gasteiger partial charge in [0.1, 0.15) is 17.6 Å².